The van der Waals surface area contributed by atoms with Gasteiger partial charge in [-0.2, -0.15) is 0 Å². The van der Waals surface area contributed by atoms with Crippen molar-refractivity contribution in [2.75, 3.05) is 5.73 Å². The van der Waals surface area contributed by atoms with Gasteiger partial charge in [-0.1, -0.05) is 30.8 Å². The lowest BCUT2D eigenvalue weighted by atomic mass is 10.2. The first-order valence-electron chi connectivity index (χ1n) is 5.99. The zero-order valence-corrected chi connectivity index (χ0v) is 11.4. The molecular formula is C15H15NO2S. The molecule has 2 rings (SSSR count). The van der Waals surface area contributed by atoms with Gasteiger partial charge in [0.05, 0.1) is 5.56 Å². The summed E-state index contributed by atoms with van der Waals surface area (Å²) in [5, 5.41) is 8.89. The lowest BCUT2D eigenvalue weighted by Crippen LogP contribution is -1.98. The molecule has 0 aliphatic carbocycles. The van der Waals surface area contributed by atoms with Gasteiger partial charge in [0.1, 0.15) is 0 Å². The summed E-state index contributed by atoms with van der Waals surface area (Å²) in [6.45, 7) is 2.12. The lowest BCUT2D eigenvalue weighted by Gasteiger charge is -2.07. The molecule has 0 saturated heterocycles. The predicted molar refractivity (Wildman–Crippen MR) is 77.8 cm³/mol. The molecule has 19 heavy (non-hydrogen) atoms. The molecule has 0 aromatic heterocycles. The van der Waals surface area contributed by atoms with Gasteiger partial charge in [-0.25, -0.2) is 4.79 Å². The summed E-state index contributed by atoms with van der Waals surface area (Å²) in [6.07, 6.45) is 1.01. The third kappa shape index (κ3) is 3.29. The molecule has 0 unspecified atom stereocenters. The van der Waals surface area contributed by atoms with Crippen molar-refractivity contribution in [3.8, 4) is 0 Å². The normalized spacial score (nSPS) is 10.4. The molecular weight excluding hydrogens is 258 g/mol. The zero-order chi connectivity index (χ0) is 13.8. The highest BCUT2D eigenvalue weighted by atomic mass is 32.2. The number of nitrogens with two attached hydrogens (primary N) is 1. The molecule has 0 aliphatic rings. The smallest absolute Gasteiger partial charge is 0.335 e. The molecule has 0 atom stereocenters. The highest BCUT2D eigenvalue weighted by Gasteiger charge is 2.07. The monoisotopic (exact) mass is 273 g/mol. The van der Waals surface area contributed by atoms with E-state index in [2.05, 4.69) is 19.1 Å². The summed E-state index contributed by atoms with van der Waals surface area (Å²) in [4.78, 5) is 12.8. The average Bonchev–Trinajstić information content (AvgIpc) is 2.41. The van der Waals surface area contributed by atoms with Gasteiger partial charge >= 0.3 is 5.97 Å². The molecule has 3 N–H and O–H groups in total. The van der Waals surface area contributed by atoms with Gasteiger partial charge in [0.15, 0.2) is 0 Å². The van der Waals surface area contributed by atoms with Crippen molar-refractivity contribution in [1.29, 1.82) is 0 Å². The third-order valence-electron chi connectivity index (χ3n) is 2.82. The summed E-state index contributed by atoms with van der Waals surface area (Å²) in [5.41, 5.74) is 7.87. The standard InChI is InChI=1S/C15H15NO2S/c1-2-10-3-6-12(7-4-10)19-14-8-5-11(15(17)18)9-13(14)16/h3-9H,2,16H2,1H3,(H,17,18). The summed E-state index contributed by atoms with van der Waals surface area (Å²) in [5.74, 6) is -0.962. The van der Waals surface area contributed by atoms with Crippen LogP contribution in [0.25, 0.3) is 0 Å². The Balaban J connectivity index is 2.20. The molecule has 0 radical (unpaired) electrons. The van der Waals surface area contributed by atoms with E-state index in [-0.39, 0.29) is 5.56 Å². The molecule has 0 heterocycles. The summed E-state index contributed by atoms with van der Waals surface area (Å²) < 4.78 is 0. The Morgan fingerprint density at radius 3 is 2.42 bits per heavy atom. The number of hydrogen-bond donors (Lipinski definition) is 2. The maximum absolute atomic E-state index is 10.8. The van der Waals surface area contributed by atoms with E-state index in [9.17, 15) is 4.79 Å². The first kappa shape index (κ1) is 13.5. The van der Waals surface area contributed by atoms with Gasteiger partial charge < -0.3 is 10.8 Å². The number of nitrogen functional groups attached to an aromatic ring is 1. The Bertz CT molecular complexity index is 594. The molecule has 3 nitrogen and oxygen atoms in total. The minimum Gasteiger partial charge on any atom is -0.478 e. The van der Waals surface area contributed by atoms with E-state index in [0.717, 1.165) is 16.2 Å². The highest BCUT2D eigenvalue weighted by molar-refractivity contribution is 7.99. The molecule has 0 saturated carbocycles. The summed E-state index contributed by atoms with van der Waals surface area (Å²) >= 11 is 1.54. The number of hydrogen-bond acceptors (Lipinski definition) is 3. The van der Waals surface area contributed by atoms with Crippen molar-refractivity contribution in [3.05, 3.63) is 53.6 Å². The van der Waals surface area contributed by atoms with Gasteiger partial charge in [0.2, 0.25) is 0 Å². The second kappa shape index (κ2) is 5.80. The number of rotatable bonds is 4. The second-order valence-electron chi connectivity index (χ2n) is 4.16. The molecule has 98 valence electrons. The fraction of sp³-hybridized carbons (Fsp3) is 0.133. The Morgan fingerprint density at radius 2 is 1.89 bits per heavy atom. The van der Waals surface area contributed by atoms with Gasteiger partial charge in [-0.05, 0) is 42.3 Å². The van der Waals surface area contributed by atoms with Gasteiger partial charge in [0, 0.05) is 15.5 Å². The minimum absolute atomic E-state index is 0.211. The van der Waals surface area contributed by atoms with E-state index in [1.165, 1.54) is 23.4 Å². The van der Waals surface area contributed by atoms with Crippen LogP contribution in [0.3, 0.4) is 0 Å². The van der Waals surface area contributed by atoms with Crippen molar-refractivity contribution < 1.29 is 9.90 Å². The zero-order valence-electron chi connectivity index (χ0n) is 10.6. The minimum atomic E-state index is -0.962. The van der Waals surface area contributed by atoms with Crippen LogP contribution in [-0.2, 0) is 6.42 Å². The average molecular weight is 273 g/mol. The molecule has 0 aliphatic heterocycles. The van der Waals surface area contributed by atoms with Crippen LogP contribution >= 0.6 is 11.8 Å². The second-order valence-corrected chi connectivity index (χ2v) is 5.27. The molecule has 0 bridgehead atoms. The van der Waals surface area contributed by atoms with Crippen LogP contribution in [0.15, 0.2) is 52.3 Å². The fourth-order valence-electron chi connectivity index (χ4n) is 1.69. The van der Waals surface area contributed by atoms with Crippen LogP contribution in [0.4, 0.5) is 5.69 Å². The van der Waals surface area contributed by atoms with E-state index in [4.69, 9.17) is 10.8 Å². The maximum atomic E-state index is 10.8. The third-order valence-corrected chi connectivity index (χ3v) is 3.92. The van der Waals surface area contributed by atoms with Crippen LogP contribution in [0.5, 0.6) is 0 Å². The number of aryl methyl sites for hydroxylation is 1. The Morgan fingerprint density at radius 1 is 1.21 bits per heavy atom. The first-order chi connectivity index (χ1) is 9.10. The van der Waals surface area contributed by atoms with E-state index in [1.807, 2.05) is 12.1 Å². The Kier molecular flexibility index (Phi) is 4.12. The summed E-state index contributed by atoms with van der Waals surface area (Å²) in [6, 6.07) is 13.1. The molecule has 2 aromatic rings. The number of carboxylic acids is 1. The molecule has 0 fully saturated rings. The first-order valence-corrected chi connectivity index (χ1v) is 6.81. The van der Waals surface area contributed by atoms with Gasteiger partial charge in [0.25, 0.3) is 0 Å². The van der Waals surface area contributed by atoms with Crippen molar-refractivity contribution >= 4 is 23.4 Å². The Hall–Kier alpha value is -1.94. The fourth-order valence-corrected chi connectivity index (χ4v) is 2.53. The maximum Gasteiger partial charge on any atom is 0.335 e. The molecule has 2 aromatic carbocycles. The van der Waals surface area contributed by atoms with E-state index in [0.29, 0.717) is 5.69 Å². The number of carbonyl (C=O) groups is 1. The van der Waals surface area contributed by atoms with Crippen LogP contribution in [0.2, 0.25) is 0 Å². The van der Waals surface area contributed by atoms with Crippen LogP contribution in [-0.4, -0.2) is 11.1 Å². The molecule has 0 amide bonds. The topological polar surface area (TPSA) is 63.3 Å². The van der Waals surface area contributed by atoms with Gasteiger partial charge in [-0.3, -0.25) is 0 Å². The quantitative estimate of drug-likeness (QED) is 0.834. The number of benzene rings is 2. The van der Waals surface area contributed by atoms with E-state index >= 15 is 0 Å². The molecule has 4 heteroatoms. The SMILES string of the molecule is CCc1ccc(Sc2ccc(C(=O)O)cc2N)cc1. The lowest BCUT2D eigenvalue weighted by molar-refractivity contribution is 0.0697. The van der Waals surface area contributed by atoms with Crippen molar-refractivity contribution in [1.82, 2.24) is 0 Å². The van der Waals surface area contributed by atoms with Crippen molar-refractivity contribution in [2.24, 2.45) is 0 Å². The number of aromatic carboxylic acids is 1. The van der Waals surface area contributed by atoms with Crippen LogP contribution in [0, 0.1) is 0 Å². The van der Waals surface area contributed by atoms with Gasteiger partial charge in [-0.15, -0.1) is 0 Å². The van der Waals surface area contributed by atoms with Crippen LogP contribution in [0.1, 0.15) is 22.8 Å². The van der Waals surface area contributed by atoms with E-state index in [1.54, 1.807) is 12.1 Å². The number of anilines is 1. The van der Waals surface area contributed by atoms with Crippen molar-refractivity contribution in [3.63, 3.8) is 0 Å². The highest BCUT2D eigenvalue weighted by Crippen LogP contribution is 2.32. The number of carboxylic acid groups (broad SMARTS) is 1. The van der Waals surface area contributed by atoms with Crippen LogP contribution < -0.4 is 5.73 Å². The summed E-state index contributed by atoms with van der Waals surface area (Å²) in [7, 11) is 0. The van der Waals surface area contributed by atoms with Crippen molar-refractivity contribution in [2.45, 2.75) is 23.1 Å². The molecule has 0 spiro atoms. The van der Waals surface area contributed by atoms with E-state index < -0.39 is 5.97 Å². The largest absolute Gasteiger partial charge is 0.478 e. The Labute approximate surface area is 116 Å². The predicted octanol–water partition coefficient (Wildman–Crippen LogP) is 3.68.